The van der Waals surface area contributed by atoms with Gasteiger partial charge in [0.15, 0.2) is 0 Å². The molecule has 3 aromatic rings. The lowest BCUT2D eigenvalue weighted by molar-refractivity contribution is -0.384. The molecule has 0 radical (unpaired) electrons. The van der Waals surface area contributed by atoms with Gasteiger partial charge in [0.2, 0.25) is 10.0 Å². The molecule has 204 valence electrons. The first-order valence-electron chi connectivity index (χ1n) is 12.5. The Bertz CT molecular complexity index is 1500. The first-order valence-corrected chi connectivity index (χ1v) is 14.1. The number of rotatable bonds is 11. The number of sulfonamides is 1. The minimum Gasteiger partial charge on any atom is -0.354 e. The van der Waals surface area contributed by atoms with E-state index in [9.17, 15) is 23.3 Å². The Kier molecular flexibility index (Phi) is 8.32. The highest BCUT2D eigenvalue weighted by molar-refractivity contribution is 7.92. The molecule has 0 fully saturated rings. The lowest BCUT2D eigenvalue weighted by Gasteiger charge is -2.26. The number of likely N-dealkylation sites (N-methyl/N-ethyl adjacent to an activating group) is 1. The summed E-state index contributed by atoms with van der Waals surface area (Å²) in [7, 11) is 0.286. The predicted molar refractivity (Wildman–Crippen MR) is 155 cm³/mol. The molecular weight excluding hydrogens is 518 g/mol. The van der Waals surface area contributed by atoms with Crippen LogP contribution in [0.3, 0.4) is 0 Å². The van der Waals surface area contributed by atoms with Crippen molar-refractivity contribution in [2.24, 2.45) is 0 Å². The number of benzene rings is 3. The zero-order chi connectivity index (χ0) is 28.2. The number of non-ortho nitro benzene ring substituents is 1. The average molecular weight is 550 g/mol. The van der Waals surface area contributed by atoms with E-state index in [0.717, 1.165) is 0 Å². The molecule has 0 unspecified atom stereocenters. The summed E-state index contributed by atoms with van der Waals surface area (Å²) in [5.74, 6) is -0.334. The molecule has 0 saturated heterocycles. The molecule has 1 heterocycles. The number of nitro benzene ring substituents is 1. The quantitative estimate of drug-likeness (QED) is 0.203. The fraction of sp³-hybridized carbons (Fsp3) is 0.250. The van der Waals surface area contributed by atoms with Gasteiger partial charge in [-0.2, -0.15) is 0 Å². The van der Waals surface area contributed by atoms with Crippen LogP contribution in [0.2, 0.25) is 0 Å². The molecule has 3 aromatic carbocycles. The van der Waals surface area contributed by atoms with Crippen LogP contribution in [0.1, 0.15) is 24.5 Å². The minimum absolute atomic E-state index is 0.0470. The molecule has 0 aromatic heterocycles. The summed E-state index contributed by atoms with van der Waals surface area (Å²) in [5.41, 5.74) is 3.43. The van der Waals surface area contributed by atoms with Crippen molar-refractivity contribution in [3.8, 4) is 0 Å². The number of hydrogen-bond acceptors (Lipinski definition) is 7. The summed E-state index contributed by atoms with van der Waals surface area (Å²) in [6.07, 6.45) is 0.510. The van der Waals surface area contributed by atoms with Crippen molar-refractivity contribution in [1.29, 1.82) is 0 Å². The van der Waals surface area contributed by atoms with Gasteiger partial charge in [0.25, 0.3) is 11.6 Å². The molecular formula is C28H31N5O5S. The number of hydrogen-bond donors (Lipinski definition) is 2. The maximum Gasteiger partial charge on any atom is 0.270 e. The average Bonchev–Trinajstić information content (AvgIpc) is 3.23. The first kappa shape index (κ1) is 27.8. The van der Waals surface area contributed by atoms with E-state index >= 15 is 0 Å². The number of carbonyl (C=O) groups excluding carboxylic acids is 1. The fourth-order valence-electron chi connectivity index (χ4n) is 4.34. The largest absolute Gasteiger partial charge is 0.354 e. The SMILES string of the molecule is CCCS(=O)(=O)N(CCN(C)C)c1ccc(N/C(=C2\C(=O)Nc3ccc([N+](=O)[O-])cc32)c2ccccc2)cc1. The number of anilines is 3. The van der Waals surface area contributed by atoms with Crippen LogP contribution in [-0.4, -0.2) is 57.1 Å². The molecule has 2 N–H and O–H groups in total. The lowest BCUT2D eigenvalue weighted by Crippen LogP contribution is -2.38. The van der Waals surface area contributed by atoms with E-state index < -0.39 is 14.9 Å². The zero-order valence-corrected chi connectivity index (χ0v) is 22.9. The van der Waals surface area contributed by atoms with Crippen molar-refractivity contribution in [3.63, 3.8) is 0 Å². The molecule has 10 nitrogen and oxygen atoms in total. The van der Waals surface area contributed by atoms with Gasteiger partial charge in [-0.05, 0) is 56.4 Å². The Morgan fingerprint density at radius 1 is 1.00 bits per heavy atom. The Hall–Kier alpha value is -4.22. The molecule has 1 aliphatic heterocycles. The Morgan fingerprint density at radius 2 is 1.69 bits per heavy atom. The summed E-state index contributed by atoms with van der Waals surface area (Å²) in [6.45, 7) is 2.71. The lowest BCUT2D eigenvalue weighted by atomic mass is 9.99. The molecule has 0 atom stereocenters. The van der Waals surface area contributed by atoms with E-state index in [-0.39, 0.29) is 22.9 Å². The van der Waals surface area contributed by atoms with Gasteiger partial charge in [-0.1, -0.05) is 37.3 Å². The molecule has 39 heavy (non-hydrogen) atoms. The van der Waals surface area contributed by atoms with Crippen molar-refractivity contribution >= 4 is 50.0 Å². The Morgan fingerprint density at radius 3 is 2.31 bits per heavy atom. The van der Waals surface area contributed by atoms with Gasteiger partial charge >= 0.3 is 0 Å². The zero-order valence-electron chi connectivity index (χ0n) is 22.0. The summed E-state index contributed by atoms with van der Waals surface area (Å²) in [6, 6.07) is 20.4. The number of amides is 1. The maximum absolute atomic E-state index is 13.1. The van der Waals surface area contributed by atoms with Crippen molar-refractivity contribution in [3.05, 3.63) is 94.0 Å². The van der Waals surface area contributed by atoms with E-state index in [4.69, 9.17) is 0 Å². The van der Waals surface area contributed by atoms with E-state index in [2.05, 4.69) is 10.6 Å². The molecule has 1 aliphatic rings. The highest BCUT2D eigenvalue weighted by Crippen LogP contribution is 2.39. The highest BCUT2D eigenvalue weighted by Gasteiger charge is 2.30. The third-order valence-corrected chi connectivity index (χ3v) is 8.23. The van der Waals surface area contributed by atoms with Gasteiger partial charge in [-0.3, -0.25) is 19.2 Å². The van der Waals surface area contributed by atoms with Gasteiger partial charge in [0.1, 0.15) is 0 Å². The number of fused-ring (bicyclic) bond motifs is 1. The van der Waals surface area contributed by atoms with Crippen LogP contribution in [0.4, 0.5) is 22.7 Å². The Labute approximate surface area is 228 Å². The van der Waals surface area contributed by atoms with Crippen molar-refractivity contribution in [2.45, 2.75) is 13.3 Å². The summed E-state index contributed by atoms with van der Waals surface area (Å²) >= 11 is 0. The predicted octanol–water partition coefficient (Wildman–Crippen LogP) is 4.64. The Balaban J connectivity index is 1.75. The van der Waals surface area contributed by atoms with Crippen LogP contribution in [0.5, 0.6) is 0 Å². The number of carbonyl (C=O) groups is 1. The standard InChI is InChI=1S/C28H31N5O5S/c1-4-18-39(37,38)32(17-16-31(2)3)22-12-10-21(11-13-22)29-27(20-8-6-5-7-9-20)26-24-19-23(33(35)36)14-15-25(24)30-28(26)34/h5-15,19,29H,4,16-18H2,1-3H3,(H,30,34)/b27-26-. The normalized spacial score (nSPS) is 14.1. The number of nitrogens with one attached hydrogen (secondary N) is 2. The van der Waals surface area contributed by atoms with Gasteiger partial charge in [-0.15, -0.1) is 0 Å². The van der Waals surface area contributed by atoms with Crippen LogP contribution in [0.25, 0.3) is 11.3 Å². The summed E-state index contributed by atoms with van der Waals surface area (Å²) < 4.78 is 27.4. The van der Waals surface area contributed by atoms with Crippen molar-refractivity contribution in [1.82, 2.24) is 4.90 Å². The van der Waals surface area contributed by atoms with Crippen LogP contribution >= 0.6 is 0 Å². The first-order chi connectivity index (χ1) is 18.6. The molecule has 11 heteroatoms. The minimum atomic E-state index is -3.50. The van der Waals surface area contributed by atoms with E-state index in [1.165, 1.54) is 22.5 Å². The monoisotopic (exact) mass is 549 g/mol. The van der Waals surface area contributed by atoms with E-state index in [1.54, 1.807) is 24.3 Å². The van der Waals surface area contributed by atoms with Crippen molar-refractivity contribution < 1.29 is 18.1 Å². The summed E-state index contributed by atoms with van der Waals surface area (Å²) in [4.78, 5) is 26.0. The smallest absolute Gasteiger partial charge is 0.270 e. The van der Waals surface area contributed by atoms with E-state index in [0.29, 0.717) is 53.4 Å². The highest BCUT2D eigenvalue weighted by atomic mass is 32.2. The van der Waals surface area contributed by atoms with Crippen LogP contribution in [-0.2, 0) is 14.8 Å². The molecule has 0 spiro atoms. The fourth-order valence-corrected chi connectivity index (χ4v) is 5.88. The molecule has 0 saturated carbocycles. The summed E-state index contributed by atoms with van der Waals surface area (Å²) in [5, 5.41) is 17.5. The van der Waals surface area contributed by atoms with Crippen molar-refractivity contribution in [2.75, 3.05) is 47.9 Å². The van der Waals surface area contributed by atoms with Gasteiger partial charge in [0.05, 0.1) is 27.6 Å². The van der Waals surface area contributed by atoms with E-state index in [1.807, 2.05) is 56.3 Å². The maximum atomic E-state index is 13.1. The van der Waals surface area contributed by atoms with Gasteiger partial charge in [0, 0.05) is 42.2 Å². The second kappa shape index (κ2) is 11.7. The van der Waals surface area contributed by atoms with Crippen LogP contribution in [0, 0.1) is 10.1 Å². The molecule has 1 amide bonds. The van der Waals surface area contributed by atoms with Gasteiger partial charge in [-0.25, -0.2) is 8.42 Å². The van der Waals surface area contributed by atoms with Crippen LogP contribution in [0.15, 0.2) is 72.8 Å². The molecule has 4 rings (SSSR count). The second-order valence-electron chi connectivity index (χ2n) is 9.42. The van der Waals surface area contributed by atoms with Crippen LogP contribution < -0.4 is 14.9 Å². The number of nitrogens with zero attached hydrogens (tertiary/aromatic N) is 3. The third kappa shape index (κ3) is 6.27. The molecule has 0 bridgehead atoms. The number of nitro groups is 1. The third-order valence-electron chi connectivity index (χ3n) is 6.24. The molecule has 0 aliphatic carbocycles. The topological polar surface area (TPSA) is 125 Å². The van der Waals surface area contributed by atoms with Gasteiger partial charge < -0.3 is 15.5 Å². The second-order valence-corrected chi connectivity index (χ2v) is 11.4.